The molecule has 118 valence electrons. The highest BCUT2D eigenvalue weighted by molar-refractivity contribution is 6.16. The van der Waals surface area contributed by atoms with Crippen molar-refractivity contribution in [1.29, 1.82) is 0 Å². The van der Waals surface area contributed by atoms with E-state index in [0.29, 0.717) is 17.7 Å². The fraction of sp³-hybridized carbons (Fsp3) is 0.250. The van der Waals surface area contributed by atoms with Crippen molar-refractivity contribution < 1.29 is 9.28 Å². The number of nitrogens with zero attached hydrogens (tertiary/aromatic N) is 1. The Balaban J connectivity index is 2.03. The zero-order chi connectivity index (χ0) is 16.2. The largest absolute Gasteiger partial charge is 0.289 e. The van der Waals surface area contributed by atoms with Gasteiger partial charge in [0.2, 0.25) is 0 Å². The van der Waals surface area contributed by atoms with E-state index in [1.807, 2.05) is 61.5 Å². The van der Waals surface area contributed by atoms with E-state index in [-0.39, 0.29) is 5.78 Å². The molecule has 0 saturated heterocycles. The number of benzene rings is 2. The van der Waals surface area contributed by atoms with Crippen LogP contribution in [0.25, 0.3) is 6.08 Å². The van der Waals surface area contributed by atoms with Gasteiger partial charge >= 0.3 is 0 Å². The van der Waals surface area contributed by atoms with Gasteiger partial charge in [-0.15, -0.1) is 9.60 Å². The lowest BCUT2D eigenvalue weighted by molar-refractivity contribution is -0.00787. The molecule has 0 spiro atoms. The van der Waals surface area contributed by atoms with Crippen molar-refractivity contribution in [3.8, 4) is 0 Å². The predicted molar refractivity (Wildman–Crippen MR) is 90.7 cm³/mol. The molecule has 3 heteroatoms. The van der Waals surface area contributed by atoms with Crippen LogP contribution in [0.1, 0.15) is 47.3 Å². The van der Waals surface area contributed by atoms with Gasteiger partial charge in [0.1, 0.15) is 0 Å². The quantitative estimate of drug-likeness (QED) is 0.572. The van der Waals surface area contributed by atoms with E-state index in [2.05, 4.69) is 0 Å². The number of carbonyl (C=O) groups is 1. The SMILES string of the molecule is CCCCN(F)C1C(=Cc2ccccc2)C(=O)c2ccccc21. The van der Waals surface area contributed by atoms with Crippen molar-refractivity contribution in [2.75, 3.05) is 6.54 Å². The van der Waals surface area contributed by atoms with Gasteiger partial charge in [-0.05, 0) is 23.6 Å². The van der Waals surface area contributed by atoms with E-state index in [1.54, 1.807) is 6.07 Å². The van der Waals surface area contributed by atoms with E-state index in [9.17, 15) is 9.28 Å². The maximum atomic E-state index is 14.7. The lowest BCUT2D eigenvalue weighted by Gasteiger charge is -2.21. The van der Waals surface area contributed by atoms with Crippen LogP contribution in [0.4, 0.5) is 4.48 Å². The maximum absolute atomic E-state index is 14.7. The minimum absolute atomic E-state index is 0.0754. The first-order valence-electron chi connectivity index (χ1n) is 8.05. The van der Waals surface area contributed by atoms with Gasteiger partial charge in [0.25, 0.3) is 0 Å². The number of carbonyl (C=O) groups excluding carboxylic acids is 1. The van der Waals surface area contributed by atoms with Gasteiger partial charge in [0.15, 0.2) is 5.78 Å². The van der Waals surface area contributed by atoms with E-state index in [4.69, 9.17) is 0 Å². The standard InChI is InChI=1S/C20H20FNO/c1-2-3-13-22(21)19-16-11-7-8-12-17(16)20(23)18(19)14-15-9-5-4-6-10-15/h4-12,14,19H,2-3,13H2,1H3. The molecule has 0 amide bonds. The Bertz CT molecular complexity index is 723. The van der Waals surface area contributed by atoms with Crippen molar-refractivity contribution in [2.24, 2.45) is 0 Å². The number of fused-ring (bicyclic) bond motifs is 1. The van der Waals surface area contributed by atoms with Gasteiger partial charge in [0, 0.05) is 17.7 Å². The zero-order valence-corrected chi connectivity index (χ0v) is 13.2. The molecular formula is C20H20FNO. The number of hydrogen-bond donors (Lipinski definition) is 0. The smallest absolute Gasteiger partial charge is 0.191 e. The molecule has 23 heavy (non-hydrogen) atoms. The number of hydrogen-bond acceptors (Lipinski definition) is 2. The van der Waals surface area contributed by atoms with Crippen LogP contribution in [0.3, 0.4) is 0 Å². The third-order valence-corrected chi connectivity index (χ3v) is 4.18. The molecule has 0 aromatic heterocycles. The van der Waals surface area contributed by atoms with Gasteiger partial charge in [0.05, 0.1) is 6.04 Å². The second-order valence-electron chi connectivity index (χ2n) is 5.81. The molecule has 0 N–H and O–H groups in total. The maximum Gasteiger partial charge on any atom is 0.191 e. The van der Waals surface area contributed by atoms with Gasteiger partial charge in [-0.1, -0.05) is 67.9 Å². The summed E-state index contributed by atoms with van der Waals surface area (Å²) >= 11 is 0. The van der Waals surface area contributed by atoms with Gasteiger partial charge < -0.3 is 0 Å². The van der Waals surface area contributed by atoms with E-state index in [1.165, 1.54) is 0 Å². The van der Waals surface area contributed by atoms with E-state index in [0.717, 1.165) is 29.1 Å². The average molecular weight is 309 g/mol. The molecule has 0 radical (unpaired) electrons. The van der Waals surface area contributed by atoms with Gasteiger partial charge in [-0.25, -0.2) is 0 Å². The van der Waals surface area contributed by atoms with E-state index < -0.39 is 6.04 Å². The predicted octanol–water partition coefficient (Wildman–Crippen LogP) is 4.99. The lowest BCUT2D eigenvalue weighted by Crippen LogP contribution is -2.22. The molecule has 1 atom stereocenters. The molecule has 0 saturated carbocycles. The second kappa shape index (κ2) is 6.88. The highest BCUT2D eigenvalue weighted by atomic mass is 19.2. The Morgan fingerprint density at radius 1 is 1.09 bits per heavy atom. The molecule has 2 aromatic carbocycles. The van der Waals surface area contributed by atoms with Crippen molar-refractivity contribution in [2.45, 2.75) is 25.8 Å². The Morgan fingerprint density at radius 2 is 1.78 bits per heavy atom. The molecule has 2 aromatic rings. The molecule has 1 aliphatic rings. The molecule has 0 fully saturated rings. The zero-order valence-electron chi connectivity index (χ0n) is 13.2. The third kappa shape index (κ3) is 3.10. The summed E-state index contributed by atoms with van der Waals surface area (Å²) in [7, 11) is 0. The molecule has 0 bridgehead atoms. The Labute approximate surface area is 136 Å². The summed E-state index contributed by atoms with van der Waals surface area (Å²) < 4.78 is 14.7. The molecule has 2 nitrogen and oxygen atoms in total. The van der Waals surface area contributed by atoms with Gasteiger partial charge in [-0.2, -0.15) is 0 Å². The number of Topliss-reactive ketones (excluding diaryl/α,β-unsaturated/α-hetero) is 1. The Hall–Kier alpha value is -2.26. The normalized spacial score (nSPS) is 18.7. The summed E-state index contributed by atoms with van der Waals surface area (Å²) in [5.74, 6) is -0.0754. The minimum atomic E-state index is -0.606. The lowest BCUT2D eigenvalue weighted by atomic mass is 10.0. The van der Waals surface area contributed by atoms with E-state index >= 15 is 0 Å². The van der Waals surface area contributed by atoms with Crippen molar-refractivity contribution in [3.63, 3.8) is 0 Å². The van der Waals surface area contributed by atoms with Crippen LogP contribution in [-0.2, 0) is 0 Å². The van der Waals surface area contributed by atoms with Crippen LogP contribution in [0, 0.1) is 0 Å². The first-order valence-corrected chi connectivity index (χ1v) is 8.05. The average Bonchev–Trinajstić information content (AvgIpc) is 2.86. The van der Waals surface area contributed by atoms with Crippen LogP contribution in [0.2, 0.25) is 0 Å². The summed E-state index contributed by atoms with van der Waals surface area (Å²) in [6.45, 7) is 2.36. The monoisotopic (exact) mass is 309 g/mol. The number of rotatable bonds is 5. The van der Waals surface area contributed by atoms with Crippen LogP contribution in [-0.4, -0.2) is 17.5 Å². The van der Waals surface area contributed by atoms with Crippen molar-refractivity contribution in [1.82, 2.24) is 5.12 Å². The molecule has 1 unspecified atom stereocenters. The molecular weight excluding hydrogens is 289 g/mol. The molecule has 0 heterocycles. The summed E-state index contributed by atoms with van der Waals surface area (Å²) in [6.07, 6.45) is 3.49. The van der Waals surface area contributed by atoms with Crippen LogP contribution in [0.5, 0.6) is 0 Å². The highest BCUT2D eigenvalue weighted by Gasteiger charge is 2.38. The van der Waals surface area contributed by atoms with Crippen LogP contribution in [0.15, 0.2) is 60.2 Å². The third-order valence-electron chi connectivity index (χ3n) is 4.18. The first-order chi connectivity index (χ1) is 11.2. The topological polar surface area (TPSA) is 20.3 Å². The van der Waals surface area contributed by atoms with Gasteiger partial charge in [-0.3, -0.25) is 4.79 Å². The number of ketones is 1. The minimum Gasteiger partial charge on any atom is -0.289 e. The Kier molecular flexibility index (Phi) is 4.68. The highest BCUT2D eigenvalue weighted by Crippen LogP contribution is 2.41. The summed E-state index contributed by atoms with van der Waals surface area (Å²) in [5, 5.41) is 0.808. The van der Waals surface area contributed by atoms with Crippen molar-refractivity contribution in [3.05, 3.63) is 76.9 Å². The fourth-order valence-corrected chi connectivity index (χ4v) is 3.00. The Morgan fingerprint density at radius 3 is 2.52 bits per heavy atom. The van der Waals surface area contributed by atoms with Crippen LogP contribution < -0.4 is 0 Å². The first kappa shape index (κ1) is 15.6. The number of halogens is 1. The molecule has 0 aliphatic heterocycles. The number of unbranched alkanes of at least 4 members (excludes halogenated alkanes) is 1. The second-order valence-corrected chi connectivity index (χ2v) is 5.81. The van der Waals surface area contributed by atoms with Crippen LogP contribution >= 0.6 is 0 Å². The summed E-state index contributed by atoms with van der Waals surface area (Å²) in [4.78, 5) is 12.7. The fourth-order valence-electron chi connectivity index (χ4n) is 3.00. The molecule has 1 aliphatic carbocycles. The summed E-state index contributed by atoms with van der Waals surface area (Å²) in [6, 6.07) is 16.3. The molecule has 3 rings (SSSR count). The van der Waals surface area contributed by atoms with Crippen molar-refractivity contribution >= 4 is 11.9 Å². The summed E-state index contributed by atoms with van der Waals surface area (Å²) in [5.41, 5.74) is 2.80.